The van der Waals surface area contributed by atoms with Gasteiger partial charge in [-0.25, -0.2) is 0 Å². The van der Waals surface area contributed by atoms with E-state index in [-0.39, 0.29) is 30.3 Å². The normalized spacial score (nSPS) is 23.9. The second-order valence-corrected chi connectivity index (χ2v) is 6.08. The number of rotatable bonds is 3. The van der Waals surface area contributed by atoms with E-state index in [2.05, 4.69) is 5.32 Å². The van der Waals surface area contributed by atoms with Crippen molar-refractivity contribution in [1.29, 1.82) is 0 Å². The minimum absolute atomic E-state index is 0. The molecule has 2 aliphatic heterocycles. The smallest absolute Gasteiger partial charge is 0.253 e. The summed E-state index contributed by atoms with van der Waals surface area (Å²) in [5.74, 6) is 0.303. The summed E-state index contributed by atoms with van der Waals surface area (Å²) in [4.78, 5) is 14.3. The summed E-state index contributed by atoms with van der Waals surface area (Å²) in [6.07, 6.45) is 0.888. The molecule has 23 heavy (non-hydrogen) atoms. The lowest BCUT2D eigenvalue weighted by Crippen LogP contribution is -2.51. The first-order valence-corrected chi connectivity index (χ1v) is 8.10. The third-order valence-corrected chi connectivity index (χ3v) is 4.64. The van der Waals surface area contributed by atoms with Gasteiger partial charge >= 0.3 is 0 Å². The van der Waals surface area contributed by atoms with Crippen LogP contribution in [0.1, 0.15) is 24.5 Å². The molecule has 2 fully saturated rings. The molecule has 0 aliphatic carbocycles. The highest BCUT2D eigenvalue weighted by atomic mass is 35.5. The molecule has 3 rings (SSSR count). The van der Waals surface area contributed by atoms with Gasteiger partial charge in [0.1, 0.15) is 6.10 Å². The molecule has 2 atom stereocenters. The summed E-state index contributed by atoms with van der Waals surface area (Å²) < 4.78 is 5.53. The van der Waals surface area contributed by atoms with Crippen molar-refractivity contribution in [1.82, 2.24) is 10.2 Å². The number of carbonyl (C=O) groups excluding carboxylic acids is 1. The number of halogens is 1. The number of piperidine rings is 1. The fourth-order valence-corrected chi connectivity index (χ4v) is 3.29. The Balaban J connectivity index is 0.00000192. The van der Waals surface area contributed by atoms with Gasteiger partial charge in [-0.05, 0) is 24.3 Å². The third-order valence-electron chi connectivity index (χ3n) is 4.64. The molecule has 0 bridgehead atoms. The second-order valence-electron chi connectivity index (χ2n) is 6.08. The second kappa shape index (κ2) is 8.64. The molecule has 2 heterocycles. The van der Waals surface area contributed by atoms with Crippen LogP contribution in [0.3, 0.4) is 0 Å². The molecule has 2 N–H and O–H groups in total. The van der Waals surface area contributed by atoms with Crippen LogP contribution < -0.4 is 5.32 Å². The first-order valence-electron chi connectivity index (χ1n) is 8.10. The number of nitrogens with one attached hydrogen (secondary N) is 1. The molecule has 6 heteroatoms. The standard InChI is InChI=1S/C17H24N2O3.ClH/c20-16(13-4-2-1-3-5-13)14-6-9-19(10-7-14)17(21)15-12-18-8-11-22-15;/h1-5,14-16,18,20H,6-12H2;1H. The van der Waals surface area contributed by atoms with E-state index in [1.165, 1.54) is 0 Å². The van der Waals surface area contributed by atoms with Crippen molar-refractivity contribution in [2.24, 2.45) is 5.92 Å². The van der Waals surface area contributed by atoms with E-state index in [1.807, 2.05) is 35.2 Å². The zero-order valence-corrected chi connectivity index (χ0v) is 14.0. The Labute approximate surface area is 143 Å². The van der Waals surface area contributed by atoms with Gasteiger partial charge in [-0.2, -0.15) is 0 Å². The lowest BCUT2D eigenvalue weighted by atomic mass is 9.87. The van der Waals surface area contributed by atoms with E-state index in [4.69, 9.17) is 4.74 Å². The van der Waals surface area contributed by atoms with Gasteiger partial charge in [0.15, 0.2) is 0 Å². The van der Waals surface area contributed by atoms with Crippen LogP contribution >= 0.6 is 12.4 Å². The summed E-state index contributed by atoms with van der Waals surface area (Å²) in [5, 5.41) is 13.7. The Morgan fingerprint density at radius 1 is 1.26 bits per heavy atom. The number of hydrogen-bond donors (Lipinski definition) is 2. The Kier molecular flexibility index (Phi) is 6.84. The van der Waals surface area contributed by atoms with Gasteiger partial charge in [-0.1, -0.05) is 30.3 Å². The van der Waals surface area contributed by atoms with Crippen LogP contribution in [0.4, 0.5) is 0 Å². The van der Waals surface area contributed by atoms with Gasteiger partial charge in [0, 0.05) is 26.2 Å². The van der Waals surface area contributed by atoms with Crippen LogP contribution in [0.25, 0.3) is 0 Å². The predicted molar refractivity (Wildman–Crippen MR) is 90.6 cm³/mol. The van der Waals surface area contributed by atoms with Crippen molar-refractivity contribution >= 4 is 18.3 Å². The maximum atomic E-state index is 12.4. The maximum Gasteiger partial charge on any atom is 0.253 e. The Morgan fingerprint density at radius 3 is 2.57 bits per heavy atom. The van der Waals surface area contributed by atoms with Crippen LogP contribution in [-0.4, -0.2) is 54.8 Å². The number of ether oxygens (including phenoxy) is 1. The number of nitrogens with zero attached hydrogens (tertiary/aromatic N) is 1. The average molecular weight is 341 g/mol. The monoisotopic (exact) mass is 340 g/mol. The molecular weight excluding hydrogens is 316 g/mol. The Hall–Kier alpha value is -1.14. The van der Waals surface area contributed by atoms with E-state index >= 15 is 0 Å². The topological polar surface area (TPSA) is 61.8 Å². The quantitative estimate of drug-likeness (QED) is 0.872. The zero-order chi connectivity index (χ0) is 15.4. The minimum Gasteiger partial charge on any atom is -0.388 e. The highest BCUT2D eigenvalue weighted by Crippen LogP contribution is 2.30. The minimum atomic E-state index is -0.439. The van der Waals surface area contributed by atoms with E-state index < -0.39 is 6.10 Å². The SMILES string of the molecule is Cl.O=C(C1CNCCO1)N1CCC(C(O)c2ccccc2)CC1. The molecule has 2 saturated heterocycles. The third kappa shape index (κ3) is 4.44. The van der Waals surface area contributed by atoms with Gasteiger partial charge < -0.3 is 20.1 Å². The molecule has 2 unspecified atom stereocenters. The molecule has 0 aromatic heterocycles. The number of amides is 1. The van der Waals surface area contributed by atoms with E-state index in [1.54, 1.807) is 0 Å². The zero-order valence-electron chi connectivity index (χ0n) is 13.2. The van der Waals surface area contributed by atoms with Gasteiger partial charge in [0.25, 0.3) is 5.91 Å². The fraction of sp³-hybridized carbons (Fsp3) is 0.588. The summed E-state index contributed by atoms with van der Waals surface area (Å²) in [7, 11) is 0. The number of benzene rings is 1. The molecule has 2 aliphatic rings. The van der Waals surface area contributed by atoms with E-state index in [9.17, 15) is 9.90 Å². The summed E-state index contributed by atoms with van der Waals surface area (Å²) in [5.41, 5.74) is 0.965. The highest BCUT2D eigenvalue weighted by molar-refractivity contribution is 5.85. The molecule has 1 aromatic rings. The number of hydrogen-bond acceptors (Lipinski definition) is 4. The van der Waals surface area contributed by atoms with Gasteiger partial charge in [-0.15, -0.1) is 12.4 Å². The molecule has 0 spiro atoms. The molecule has 0 saturated carbocycles. The largest absolute Gasteiger partial charge is 0.388 e. The van der Waals surface area contributed by atoms with E-state index in [0.29, 0.717) is 26.2 Å². The van der Waals surface area contributed by atoms with Crippen molar-refractivity contribution in [2.75, 3.05) is 32.8 Å². The van der Waals surface area contributed by atoms with Crippen molar-refractivity contribution in [3.8, 4) is 0 Å². The lowest BCUT2D eigenvalue weighted by molar-refractivity contribution is -0.147. The molecule has 1 amide bonds. The van der Waals surface area contributed by atoms with Crippen molar-refractivity contribution in [3.63, 3.8) is 0 Å². The maximum absolute atomic E-state index is 12.4. The number of aliphatic hydroxyl groups is 1. The first kappa shape index (κ1) is 18.2. The molecule has 1 aromatic carbocycles. The number of aliphatic hydroxyl groups excluding tert-OH is 1. The molecule has 5 nitrogen and oxygen atoms in total. The van der Waals surface area contributed by atoms with Gasteiger partial charge in [0.2, 0.25) is 0 Å². The first-order chi connectivity index (χ1) is 10.8. The Morgan fingerprint density at radius 2 is 1.96 bits per heavy atom. The van der Waals surface area contributed by atoms with Crippen LogP contribution in [-0.2, 0) is 9.53 Å². The van der Waals surface area contributed by atoms with Crippen molar-refractivity contribution in [3.05, 3.63) is 35.9 Å². The molecule has 0 radical (unpaired) electrons. The van der Waals surface area contributed by atoms with Crippen molar-refractivity contribution in [2.45, 2.75) is 25.0 Å². The van der Waals surface area contributed by atoms with Crippen LogP contribution in [0.15, 0.2) is 30.3 Å². The molecular formula is C17H25ClN2O3. The van der Waals surface area contributed by atoms with Crippen LogP contribution in [0.2, 0.25) is 0 Å². The fourth-order valence-electron chi connectivity index (χ4n) is 3.29. The summed E-state index contributed by atoms with van der Waals surface area (Å²) in [6, 6.07) is 9.78. The average Bonchev–Trinajstić information content (AvgIpc) is 2.62. The number of carbonyl (C=O) groups is 1. The van der Waals surface area contributed by atoms with Crippen LogP contribution in [0, 0.1) is 5.92 Å². The van der Waals surface area contributed by atoms with Crippen LogP contribution in [0.5, 0.6) is 0 Å². The highest BCUT2D eigenvalue weighted by Gasteiger charge is 2.32. The van der Waals surface area contributed by atoms with E-state index in [0.717, 1.165) is 24.9 Å². The van der Waals surface area contributed by atoms with Gasteiger partial charge in [-0.3, -0.25) is 4.79 Å². The van der Waals surface area contributed by atoms with Gasteiger partial charge in [0.05, 0.1) is 12.7 Å². The van der Waals surface area contributed by atoms with Crippen molar-refractivity contribution < 1.29 is 14.6 Å². The number of morpholine rings is 1. The Bertz CT molecular complexity index is 486. The predicted octanol–water partition coefficient (Wildman–Crippen LogP) is 1.37. The summed E-state index contributed by atoms with van der Waals surface area (Å²) >= 11 is 0. The lowest BCUT2D eigenvalue weighted by Gasteiger charge is -2.36. The summed E-state index contributed by atoms with van der Waals surface area (Å²) in [6.45, 7) is 3.42. The molecule has 128 valence electrons. The number of likely N-dealkylation sites (tertiary alicyclic amines) is 1.